The molecule has 0 heterocycles. The molecule has 0 saturated heterocycles. The summed E-state index contributed by atoms with van der Waals surface area (Å²) in [6.07, 6.45) is 0.771. The molecule has 0 spiro atoms. The molecule has 0 aromatic carbocycles. The summed E-state index contributed by atoms with van der Waals surface area (Å²) in [6.45, 7) is 2.91. The number of rotatable bonds is 8. The average Bonchev–Trinajstić information content (AvgIpc) is 2.26. The van der Waals surface area contributed by atoms with Gasteiger partial charge < -0.3 is 19.9 Å². The highest BCUT2D eigenvalue weighted by Crippen LogP contribution is 1.97. The zero-order valence-electron chi connectivity index (χ0n) is 11.1. The summed E-state index contributed by atoms with van der Waals surface area (Å²) in [5.41, 5.74) is 0. The third-order valence-electron chi connectivity index (χ3n) is 2.56. The maximum atomic E-state index is 11.3. The second-order valence-electron chi connectivity index (χ2n) is 4.26. The zero-order chi connectivity index (χ0) is 12.6. The van der Waals surface area contributed by atoms with E-state index in [4.69, 9.17) is 4.74 Å². The Labute approximate surface area is 98.7 Å². The number of carbonyl (C=O) groups is 1. The SMILES string of the molecule is CNC(CCN(C)CCN(C)C)C(=O)OC. The predicted octanol–water partition coefficient (Wildman–Crippen LogP) is -0.369. The van der Waals surface area contributed by atoms with E-state index in [1.807, 2.05) is 0 Å². The molecule has 0 rings (SSSR count). The van der Waals surface area contributed by atoms with Gasteiger partial charge in [0.15, 0.2) is 0 Å². The van der Waals surface area contributed by atoms with Crippen LogP contribution in [-0.4, -0.2) is 76.7 Å². The number of likely N-dealkylation sites (N-methyl/N-ethyl adjacent to an activating group) is 3. The quantitative estimate of drug-likeness (QED) is 0.578. The van der Waals surface area contributed by atoms with Crippen molar-refractivity contribution >= 4 is 5.97 Å². The number of hydrogen-bond donors (Lipinski definition) is 1. The fraction of sp³-hybridized carbons (Fsp3) is 0.909. The molecule has 0 fully saturated rings. The van der Waals surface area contributed by atoms with Gasteiger partial charge in [0, 0.05) is 13.1 Å². The third-order valence-corrected chi connectivity index (χ3v) is 2.56. The minimum absolute atomic E-state index is 0.191. The second kappa shape index (κ2) is 8.50. The molecule has 1 N–H and O–H groups in total. The van der Waals surface area contributed by atoms with Gasteiger partial charge in [0.1, 0.15) is 6.04 Å². The van der Waals surface area contributed by atoms with Crippen LogP contribution in [0.3, 0.4) is 0 Å². The molecule has 0 aromatic heterocycles. The van der Waals surface area contributed by atoms with Gasteiger partial charge in [-0.15, -0.1) is 0 Å². The van der Waals surface area contributed by atoms with Crippen LogP contribution in [0.15, 0.2) is 0 Å². The zero-order valence-corrected chi connectivity index (χ0v) is 11.1. The van der Waals surface area contributed by atoms with Gasteiger partial charge in [-0.3, -0.25) is 4.79 Å². The number of esters is 1. The first-order valence-corrected chi connectivity index (χ1v) is 5.59. The van der Waals surface area contributed by atoms with Crippen LogP contribution in [0.1, 0.15) is 6.42 Å². The smallest absolute Gasteiger partial charge is 0.322 e. The lowest BCUT2D eigenvalue weighted by atomic mass is 10.2. The normalized spacial score (nSPS) is 13.2. The Morgan fingerprint density at radius 1 is 1.25 bits per heavy atom. The summed E-state index contributed by atoms with van der Waals surface area (Å²) in [5, 5.41) is 2.96. The molecule has 0 aliphatic carbocycles. The number of nitrogens with one attached hydrogen (secondary N) is 1. The van der Waals surface area contributed by atoms with Crippen molar-refractivity contribution in [3.8, 4) is 0 Å². The van der Waals surface area contributed by atoms with Crippen molar-refractivity contribution in [1.29, 1.82) is 0 Å². The minimum atomic E-state index is -0.202. The molecular formula is C11H25N3O2. The van der Waals surface area contributed by atoms with Crippen LogP contribution in [0.2, 0.25) is 0 Å². The number of carbonyl (C=O) groups excluding carboxylic acids is 1. The molecule has 0 aliphatic rings. The largest absolute Gasteiger partial charge is 0.468 e. The first-order chi connectivity index (χ1) is 7.51. The van der Waals surface area contributed by atoms with Gasteiger partial charge >= 0.3 is 5.97 Å². The van der Waals surface area contributed by atoms with Crippen LogP contribution in [0, 0.1) is 0 Å². The van der Waals surface area contributed by atoms with Gasteiger partial charge in [-0.05, 0) is 41.2 Å². The Morgan fingerprint density at radius 3 is 2.31 bits per heavy atom. The van der Waals surface area contributed by atoms with Crippen molar-refractivity contribution in [3.63, 3.8) is 0 Å². The number of hydrogen-bond acceptors (Lipinski definition) is 5. The summed E-state index contributed by atoms with van der Waals surface area (Å²) in [4.78, 5) is 15.7. The summed E-state index contributed by atoms with van der Waals surface area (Å²) in [7, 11) is 9.37. The van der Waals surface area contributed by atoms with Crippen LogP contribution in [0.25, 0.3) is 0 Å². The van der Waals surface area contributed by atoms with Gasteiger partial charge in [0.2, 0.25) is 0 Å². The maximum Gasteiger partial charge on any atom is 0.322 e. The summed E-state index contributed by atoms with van der Waals surface area (Å²) in [5.74, 6) is -0.191. The highest BCUT2D eigenvalue weighted by molar-refractivity contribution is 5.75. The molecule has 1 atom stereocenters. The van der Waals surface area contributed by atoms with E-state index in [2.05, 4.69) is 36.3 Å². The van der Waals surface area contributed by atoms with E-state index in [1.54, 1.807) is 7.05 Å². The van der Waals surface area contributed by atoms with Gasteiger partial charge in [0.05, 0.1) is 7.11 Å². The van der Waals surface area contributed by atoms with Gasteiger partial charge in [-0.25, -0.2) is 0 Å². The maximum absolute atomic E-state index is 11.3. The molecule has 1 unspecified atom stereocenters. The molecule has 0 saturated carbocycles. The lowest BCUT2D eigenvalue weighted by Gasteiger charge is -2.21. The van der Waals surface area contributed by atoms with Crippen LogP contribution in [0.5, 0.6) is 0 Å². The van der Waals surface area contributed by atoms with Crippen LogP contribution in [0.4, 0.5) is 0 Å². The fourth-order valence-electron chi connectivity index (χ4n) is 1.35. The van der Waals surface area contributed by atoms with Crippen LogP contribution < -0.4 is 5.32 Å². The minimum Gasteiger partial charge on any atom is -0.468 e. The molecular weight excluding hydrogens is 206 g/mol. The Bertz CT molecular complexity index is 198. The molecule has 0 radical (unpaired) electrons. The van der Waals surface area contributed by atoms with Crippen molar-refractivity contribution < 1.29 is 9.53 Å². The van der Waals surface area contributed by atoms with Crippen molar-refractivity contribution in [2.75, 3.05) is 54.9 Å². The van der Waals surface area contributed by atoms with E-state index in [0.717, 1.165) is 26.1 Å². The monoisotopic (exact) mass is 231 g/mol. The van der Waals surface area contributed by atoms with Crippen molar-refractivity contribution in [2.24, 2.45) is 0 Å². The van der Waals surface area contributed by atoms with Gasteiger partial charge in [-0.2, -0.15) is 0 Å². The number of nitrogens with zero attached hydrogens (tertiary/aromatic N) is 2. The van der Waals surface area contributed by atoms with Crippen LogP contribution in [-0.2, 0) is 9.53 Å². The summed E-state index contributed by atoms with van der Waals surface area (Å²) >= 11 is 0. The summed E-state index contributed by atoms with van der Waals surface area (Å²) < 4.78 is 4.71. The van der Waals surface area contributed by atoms with Crippen LogP contribution >= 0.6 is 0 Å². The van der Waals surface area contributed by atoms with E-state index in [9.17, 15) is 4.79 Å². The van der Waals surface area contributed by atoms with E-state index in [0.29, 0.717) is 0 Å². The van der Waals surface area contributed by atoms with Crippen molar-refractivity contribution in [2.45, 2.75) is 12.5 Å². The van der Waals surface area contributed by atoms with E-state index >= 15 is 0 Å². The molecule has 0 amide bonds. The molecule has 96 valence electrons. The van der Waals surface area contributed by atoms with Gasteiger partial charge in [0.25, 0.3) is 0 Å². The lowest BCUT2D eigenvalue weighted by Crippen LogP contribution is -2.39. The van der Waals surface area contributed by atoms with E-state index in [1.165, 1.54) is 7.11 Å². The van der Waals surface area contributed by atoms with Crippen molar-refractivity contribution in [1.82, 2.24) is 15.1 Å². The Morgan fingerprint density at radius 2 is 1.88 bits per heavy atom. The molecule has 16 heavy (non-hydrogen) atoms. The Kier molecular flexibility index (Phi) is 8.15. The summed E-state index contributed by atoms with van der Waals surface area (Å²) in [6, 6.07) is -0.202. The Balaban J connectivity index is 3.79. The standard InChI is InChI=1S/C11H25N3O2/c1-12-10(11(15)16-5)6-7-14(4)9-8-13(2)3/h10,12H,6-9H2,1-5H3. The number of ether oxygens (including phenoxy) is 1. The Hall–Kier alpha value is -0.650. The highest BCUT2D eigenvalue weighted by atomic mass is 16.5. The number of methoxy groups -OCH3 is 1. The topological polar surface area (TPSA) is 44.8 Å². The van der Waals surface area contributed by atoms with E-state index in [-0.39, 0.29) is 12.0 Å². The lowest BCUT2D eigenvalue weighted by molar-refractivity contribution is -0.143. The first kappa shape index (κ1) is 15.3. The molecule has 5 nitrogen and oxygen atoms in total. The second-order valence-corrected chi connectivity index (χ2v) is 4.26. The molecule has 0 aliphatic heterocycles. The fourth-order valence-corrected chi connectivity index (χ4v) is 1.35. The average molecular weight is 231 g/mol. The molecule has 0 bridgehead atoms. The third kappa shape index (κ3) is 6.76. The van der Waals surface area contributed by atoms with E-state index < -0.39 is 0 Å². The first-order valence-electron chi connectivity index (χ1n) is 5.59. The van der Waals surface area contributed by atoms with Crippen molar-refractivity contribution in [3.05, 3.63) is 0 Å². The predicted molar refractivity (Wildman–Crippen MR) is 65.5 cm³/mol. The highest BCUT2D eigenvalue weighted by Gasteiger charge is 2.16. The van der Waals surface area contributed by atoms with Gasteiger partial charge in [-0.1, -0.05) is 0 Å². The molecule has 5 heteroatoms. The molecule has 0 aromatic rings.